The smallest absolute Gasteiger partial charge is 0.130 e. The van der Waals surface area contributed by atoms with Crippen molar-refractivity contribution < 1.29 is 9.47 Å². The third-order valence-corrected chi connectivity index (χ3v) is 4.79. The summed E-state index contributed by atoms with van der Waals surface area (Å²) < 4.78 is 19.6. The molecule has 3 atom stereocenters. The summed E-state index contributed by atoms with van der Waals surface area (Å²) in [6.45, 7) is 2.66. The van der Waals surface area contributed by atoms with Crippen molar-refractivity contribution in [1.82, 2.24) is 0 Å². The number of hydrogen-bond donors (Lipinski definition) is 1. The van der Waals surface area contributed by atoms with Crippen LogP contribution in [0, 0.1) is 0 Å². The highest BCUT2D eigenvalue weighted by Crippen LogP contribution is 2.48. The van der Waals surface area contributed by atoms with Crippen LogP contribution in [0.4, 0.5) is 17.1 Å². The molecular weight excluding hydrogens is 333 g/mol. The monoisotopic (exact) mass is 347 g/mol. The van der Waals surface area contributed by atoms with E-state index in [-0.39, 0.29) is 18.2 Å². The molecule has 0 aromatic heterocycles. The van der Waals surface area contributed by atoms with Crippen LogP contribution in [0.2, 0.25) is 10.0 Å². The molecule has 3 rings (SSSR count). The topological polar surface area (TPSA) is 55.2 Å². The lowest BCUT2D eigenvalue weighted by molar-refractivity contribution is -0.118. The molecule has 1 aliphatic heterocycles. The summed E-state index contributed by atoms with van der Waals surface area (Å²) in [6.07, 6.45) is 0.982. The first-order chi connectivity index (χ1) is 10.2. The molecule has 1 heterocycles. The molecule has 0 radical (unpaired) electrons. The fraction of sp³-hybridized carbons (Fsp3) is 0.538. The van der Waals surface area contributed by atoms with E-state index in [9.17, 15) is 0 Å². The predicted molar refractivity (Wildman–Crippen MR) is 86.2 cm³/mol. The Bertz CT molecular complexity index is 634. The number of anilines is 1. The second kappa shape index (κ2) is 6.22. The molecule has 1 N–H and O–H groups in total. The maximum atomic E-state index is 6.30. The van der Waals surface area contributed by atoms with Gasteiger partial charge in [-0.3, -0.25) is 0 Å². The summed E-state index contributed by atoms with van der Waals surface area (Å²) in [5.41, 5.74) is 2.13. The van der Waals surface area contributed by atoms with Gasteiger partial charge in [0.1, 0.15) is 17.5 Å². The van der Waals surface area contributed by atoms with E-state index in [4.69, 9.17) is 32.7 Å². The number of fused-ring (bicyclic) bond motifs is 1. The normalized spacial score (nSPS) is 26.2. The van der Waals surface area contributed by atoms with Gasteiger partial charge in [-0.15, -0.1) is 0 Å². The number of benzene rings is 1. The number of rotatable bonds is 5. The van der Waals surface area contributed by atoms with E-state index in [1.165, 1.54) is 0 Å². The maximum absolute atomic E-state index is 6.30. The van der Waals surface area contributed by atoms with E-state index in [2.05, 4.69) is 14.0 Å². The first-order valence-corrected chi connectivity index (χ1v) is 8.15. The highest BCUT2D eigenvalue weighted by Gasteiger charge is 2.42. The molecule has 0 saturated heterocycles. The molecule has 8 heteroatoms. The highest BCUT2D eigenvalue weighted by molar-refractivity contribution is 7.58. The average molecular weight is 348 g/mol. The van der Waals surface area contributed by atoms with Gasteiger partial charge >= 0.3 is 0 Å². The van der Waals surface area contributed by atoms with Crippen LogP contribution in [0.15, 0.2) is 14.8 Å². The molecule has 2 aliphatic rings. The first-order valence-electron chi connectivity index (χ1n) is 6.66. The zero-order valence-corrected chi connectivity index (χ0v) is 13.9. The average Bonchev–Trinajstić information content (AvgIpc) is 2.91. The Labute approximate surface area is 136 Å². The Morgan fingerprint density at radius 1 is 1.33 bits per heavy atom. The lowest BCUT2D eigenvalue weighted by Crippen LogP contribution is -2.56. The Balaban J connectivity index is 1.81. The van der Waals surface area contributed by atoms with Crippen molar-refractivity contribution >= 4 is 51.6 Å². The lowest BCUT2D eigenvalue weighted by Gasteiger charge is -2.44. The van der Waals surface area contributed by atoms with Crippen molar-refractivity contribution in [1.29, 1.82) is 0 Å². The van der Waals surface area contributed by atoms with Crippen LogP contribution in [0.1, 0.15) is 13.3 Å². The van der Waals surface area contributed by atoms with Gasteiger partial charge in [0.05, 0.1) is 39.2 Å². The second-order valence-corrected chi connectivity index (χ2v) is 6.20. The first kappa shape index (κ1) is 15.2. The third-order valence-electron chi connectivity index (χ3n) is 3.68. The number of methoxy groups -OCH3 is 1. The van der Waals surface area contributed by atoms with E-state index in [0.29, 0.717) is 28.0 Å². The summed E-state index contributed by atoms with van der Waals surface area (Å²) in [6, 6.07) is 1.82. The highest BCUT2D eigenvalue weighted by atomic mass is 35.5. The molecule has 3 unspecified atom stereocenters. The number of halogens is 2. The molecule has 1 aliphatic carbocycles. The van der Waals surface area contributed by atoms with Gasteiger partial charge in [-0.05, 0) is 19.4 Å². The van der Waals surface area contributed by atoms with Crippen LogP contribution < -0.4 is 5.32 Å². The molecule has 1 aromatic carbocycles. The maximum Gasteiger partial charge on any atom is 0.130 e. The predicted octanol–water partition coefficient (Wildman–Crippen LogP) is 4.32. The zero-order chi connectivity index (χ0) is 15.0. The second-order valence-electron chi connectivity index (χ2n) is 4.86. The fourth-order valence-electron chi connectivity index (χ4n) is 2.61. The van der Waals surface area contributed by atoms with Crippen molar-refractivity contribution in [3.05, 3.63) is 16.1 Å². The number of ether oxygens (including phenoxy) is 2. The Kier molecular flexibility index (Phi) is 4.51. The van der Waals surface area contributed by atoms with E-state index >= 15 is 0 Å². The molecule has 0 amide bonds. The summed E-state index contributed by atoms with van der Waals surface area (Å²) >= 11 is 13.5. The van der Waals surface area contributed by atoms with E-state index in [1.54, 1.807) is 13.2 Å². The van der Waals surface area contributed by atoms with Crippen molar-refractivity contribution in [2.75, 3.05) is 19.0 Å². The quantitative estimate of drug-likeness (QED) is 0.875. The number of hydrogen-bond acceptors (Lipinski definition) is 5. The fourth-order valence-corrected chi connectivity index (χ4v) is 3.78. The Morgan fingerprint density at radius 2 is 2.10 bits per heavy atom. The van der Waals surface area contributed by atoms with Crippen LogP contribution in [-0.2, 0) is 20.8 Å². The standard InChI is InChI=1S/C13H15Cl2N3O2S/c1-3-20-9-5-8(13(9)19-2)16-10-6(14)4-7(15)11-12(10)18-21-17-11/h4,8-9,13,16H,3,5H2,1-2H3. The minimum Gasteiger partial charge on any atom is -0.377 e. The van der Waals surface area contributed by atoms with E-state index < -0.39 is 0 Å². The Morgan fingerprint density at radius 3 is 2.81 bits per heavy atom. The van der Waals surface area contributed by atoms with Crippen LogP contribution in [0.25, 0.3) is 0 Å². The van der Waals surface area contributed by atoms with E-state index in [1.807, 2.05) is 6.92 Å². The van der Waals surface area contributed by atoms with Crippen LogP contribution >= 0.6 is 23.2 Å². The van der Waals surface area contributed by atoms with Crippen LogP contribution in [-0.4, -0.2) is 32.0 Å². The molecule has 1 saturated carbocycles. The van der Waals surface area contributed by atoms with E-state index in [0.717, 1.165) is 23.5 Å². The van der Waals surface area contributed by atoms with Gasteiger partial charge < -0.3 is 14.8 Å². The minimum atomic E-state index is -0.00154. The molecule has 114 valence electrons. The SMILES string of the molecule is CCOC1CC(Nc2c(Cl)cc(Cl)c3c2N=S=N3)C1OC. The lowest BCUT2D eigenvalue weighted by atomic mass is 9.85. The summed E-state index contributed by atoms with van der Waals surface area (Å²) in [7, 11) is 1.69. The van der Waals surface area contributed by atoms with Crippen molar-refractivity contribution in [2.24, 2.45) is 8.73 Å². The molecule has 0 spiro atoms. The molecule has 1 aromatic rings. The van der Waals surface area contributed by atoms with Gasteiger partial charge in [0.15, 0.2) is 0 Å². The molecule has 5 nitrogen and oxygen atoms in total. The van der Waals surface area contributed by atoms with Gasteiger partial charge in [0, 0.05) is 13.7 Å². The Hall–Kier alpha value is -0.660. The van der Waals surface area contributed by atoms with Gasteiger partial charge in [-0.1, -0.05) is 23.2 Å². The van der Waals surface area contributed by atoms with Crippen molar-refractivity contribution in [2.45, 2.75) is 31.6 Å². The van der Waals surface area contributed by atoms with Gasteiger partial charge in [-0.25, -0.2) is 0 Å². The number of nitrogens with zero attached hydrogens (tertiary/aromatic N) is 2. The van der Waals surface area contributed by atoms with Gasteiger partial charge in [0.2, 0.25) is 0 Å². The van der Waals surface area contributed by atoms with Crippen LogP contribution in [0.5, 0.6) is 0 Å². The molecule has 21 heavy (non-hydrogen) atoms. The summed E-state index contributed by atoms with van der Waals surface area (Å²) in [5.74, 6) is 0. The van der Waals surface area contributed by atoms with Crippen molar-refractivity contribution in [3.63, 3.8) is 0 Å². The van der Waals surface area contributed by atoms with Crippen molar-refractivity contribution in [3.8, 4) is 0 Å². The third kappa shape index (κ3) is 2.71. The minimum absolute atomic E-state index is 0.00154. The van der Waals surface area contributed by atoms with Crippen LogP contribution in [0.3, 0.4) is 0 Å². The number of nitrogens with one attached hydrogen (secondary N) is 1. The summed E-state index contributed by atoms with van der Waals surface area (Å²) in [4.78, 5) is 0. The molecular formula is C13H15Cl2N3O2S. The zero-order valence-electron chi connectivity index (χ0n) is 11.6. The largest absolute Gasteiger partial charge is 0.377 e. The summed E-state index contributed by atoms with van der Waals surface area (Å²) in [5, 5.41) is 4.45. The molecule has 1 fully saturated rings. The molecule has 0 bridgehead atoms. The van der Waals surface area contributed by atoms with Gasteiger partial charge in [-0.2, -0.15) is 8.73 Å². The van der Waals surface area contributed by atoms with Gasteiger partial charge in [0.25, 0.3) is 0 Å².